The first-order valence-electron chi connectivity index (χ1n) is 5.96. The van der Waals surface area contributed by atoms with E-state index in [1.807, 2.05) is 0 Å². The van der Waals surface area contributed by atoms with Gasteiger partial charge in [-0.1, -0.05) is 11.6 Å². The van der Waals surface area contributed by atoms with Crippen LogP contribution in [0.3, 0.4) is 0 Å². The number of anilines is 1. The van der Waals surface area contributed by atoms with Gasteiger partial charge in [0.15, 0.2) is 0 Å². The number of rotatable bonds is 3. The molecule has 2 N–H and O–H groups in total. The van der Waals surface area contributed by atoms with Crippen molar-refractivity contribution in [1.29, 1.82) is 0 Å². The summed E-state index contributed by atoms with van der Waals surface area (Å²) in [6, 6.07) is 4.75. The number of hydrogen-bond donors (Lipinski definition) is 1. The molecule has 18 heavy (non-hydrogen) atoms. The lowest BCUT2D eigenvalue weighted by atomic mass is 10.0. The normalized spacial score (nSPS) is 16.5. The van der Waals surface area contributed by atoms with Crippen LogP contribution in [-0.4, -0.2) is 25.8 Å². The van der Waals surface area contributed by atoms with Crippen molar-refractivity contribution in [3.8, 4) is 0 Å². The van der Waals surface area contributed by atoms with Gasteiger partial charge in [0.1, 0.15) is 0 Å². The quantitative estimate of drug-likeness (QED) is 0.676. The maximum Gasteiger partial charge on any atom is 0.338 e. The van der Waals surface area contributed by atoms with E-state index < -0.39 is 0 Å². The van der Waals surface area contributed by atoms with Crippen molar-refractivity contribution in [1.82, 2.24) is 0 Å². The SMILES string of the molecule is Nc1ccc(C(=O)OCC2CCOCC2)cc1Cl. The van der Waals surface area contributed by atoms with Crippen LogP contribution in [0.1, 0.15) is 23.2 Å². The van der Waals surface area contributed by atoms with Gasteiger partial charge in [-0.3, -0.25) is 0 Å². The Balaban J connectivity index is 1.88. The average Bonchev–Trinajstić information content (AvgIpc) is 2.40. The minimum absolute atomic E-state index is 0.358. The third-order valence-corrected chi connectivity index (χ3v) is 3.35. The predicted molar refractivity (Wildman–Crippen MR) is 69.7 cm³/mol. The summed E-state index contributed by atoms with van der Waals surface area (Å²) >= 11 is 5.86. The van der Waals surface area contributed by atoms with Gasteiger partial charge in [0.2, 0.25) is 0 Å². The molecular weight excluding hydrogens is 254 g/mol. The number of benzene rings is 1. The van der Waals surface area contributed by atoms with Crippen LogP contribution >= 0.6 is 11.6 Å². The number of hydrogen-bond acceptors (Lipinski definition) is 4. The molecule has 0 aliphatic carbocycles. The minimum atomic E-state index is -0.358. The number of carbonyl (C=O) groups excluding carboxylic acids is 1. The first kappa shape index (κ1) is 13.2. The fraction of sp³-hybridized carbons (Fsp3) is 0.462. The van der Waals surface area contributed by atoms with Gasteiger partial charge in [-0.25, -0.2) is 4.79 Å². The van der Waals surface area contributed by atoms with Crippen molar-refractivity contribution in [2.24, 2.45) is 5.92 Å². The van der Waals surface area contributed by atoms with E-state index in [-0.39, 0.29) is 5.97 Å². The highest BCUT2D eigenvalue weighted by Crippen LogP contribution is 2.21. The van der Waals surface area contributed by atoms with Crippen LogP contribution in [0.25, 0.3) is 0 Å². The molecule has 0 bridgehead atoms. The highest BCUT2D eigenvalue weighted by atomic mass is 35.5. The van der Waals surface area contributed by atoms with Gasteiger partial charge in [0.05, 0.1) is 22.9 Å². The lowest BCUT2D eigenvalue weighted by Gasteiger charge is -2.21. The Labute approximate surface area is 111 Å². The molecule has 1 aliphatic heterocycles. The first-order chi connectivity index (χ1) is 8.66. The zero-order chi connectivity index (χ0) is 13.0. The molecule has 1 fully saturated rings. The van der Waals surface area contributed by atoms with Crippen LogP contribution in [0.2, 0.25) is 5.02 Å². The second-order valence-corrected chi connectivity index (χ2v) is 4.80. The zero-order valence-electron chi connectivity index (χ0n) is 10.0. The molecule has 1 aromatic carbocycles. The summed E-state index contributed by atoms with van der Waals surface area (Å²) in [5.74, 6) is 0.0374. The van der Waals surface area contributed by atoms with Crippen LogP contribution < -0.4 is 5.73 Å². The Hall–Kier alpha value is -1.26. The highest BCUT2D eigenvalue weighted by Gasteiger charge is 2.17. The third-order valence-electron chi connectivity index (χ3n) is 3.03. The summed E-state index contributed by atoms with van der Waals surface area (Å²) in [5.41, 5.74) is 6.47. The maximum atomic E-state index is 11.8. The number of nitrogens with two attached hydrogens (primary N) is 1. The average molecular weight is 270 g/mol. The van der Waals surface area contributed by atoms with Crippen LogP contribution in [0.15, 0.2) is 18.2 Å². The third kappa shape index (κ3) is 3.37. The Kier molecular flexibility index (Phi) is 4.44. The standard InChI is InChI=1S/C13H16ClNO3/c14-11-7-10(1-2-12(11)15)13(16)18-8-9-3-5-17-6-4-9/h1-2,7,9H,3-6,8,15H2. The Morgan fingerprint density at radius 1 is 1.44 bits per heavy atom. The van der Waals surface area contributed by atoms with E-state index in [2.05, 4.69) is 0 Å². The molecule has 2 rings (SSSR count). The molecule has 0 aromatic heterocycles. The number of esters is 1. The van der Waals surface area contributed by atoms with Crippen molar-refractivity contribution in [3.05, 3.63) is 28.8 Å². The van der Waals surface area contributed by atoms with Crippen molar-refractivity contribution >= 4 is 23.3 Å². The van der Waals surface area contributed by atoms with Gasteiger partial charge in [0, 0.05) is 13.2 Å². The largest absolute Gasteiger partial charge is 0.462 e. The van der Waals surface area contributed by atoms with Crippen LogP contribution in [0, 0.1) is 5.92 Å². The molecule has 4 nitrogen and oxygen atoms in total. The van der Waals surface area contributed by atoms with E-state index in [1.54, 1.807) is 12.1 Å². The van der Waals surface area contributed by atoms with E-state index in [4.69, 9.17) is 26.8 Å². The second-order valence-electron chi connectivity index (χ2n) is 4.39. The Morgan fingerprint density at radius 2 is 2.17 bits per heavy atom. The Morgan fingerprint density at radius 3 is 2.83 bits per heavy atom. The van der Waals surface area contributed by atoms with Crippen molar-refractivity contribution in [3.63, 3.8) is 0 Å². The summed E-state index contributed by atoms with van der Waals surface area (Å²) in [7, 11) is 0. The summed E-state index contributed by atoms with van der Waals surface area (Å²) in [5, 5.41) is 0.371. The molecule has 0 unspecified atom stereocenters. The smallest absolute Gasteiger partial charge is 0.338 e. The first-order valence-corrected chi connectivity index (χ1v) is 6.34. The fourth-order valence-electron chi connectivity index (χ4n) is 1.84. The molecule has 1 aliphatic rings. The van der Waals surface area contributed by atoms with E-state index >= 15 is 0 Å². The number of ether oxygens (including phenoxy) is 2. The Bertz CT molecular complexity index is 430. The van der Waals surface area contributed by atoms with E-state index in [1.165, 1.54) is 6.07 Å². The van der Waals surface area contributed by atoms with Gasteiger partial charge >= 0.3 is 5.97 Å². The molecule has 1 aromatic rings. The molecule has 0 saturated carbocycles. The monoisotopic (exact) mass is 269 g/mol. The fourth-order valence-corrected chi connectivity index (χ4v) is 2.02. The topological polar surface area (TPSA) is 61.6 Å². The van der Waals surface area contributed by atoms with Gasteiger partial charge in [-0.05, 0) is 37.0 Å². The van der Waals surface area contributed by atoms with Crippen LogP contribution in [0.5, 0.6) is 0 Å². The van der Waals surface area contributed by atoms with E-state index in [9.17, 15) is 4.79 Å². The molecule has 0 spiro atoms. The molecule has 1 heterocycles. The summed E-state index contributed by atoms with van der Waals surface area (Å²) in [4.78, 5) is 11.8. The van der Waals surface area contributed by atoms with E-state index in [0.717, 1.165) is 26.1 Å². The summed E-state index contributed by atoms with van der Waals surface area (Å²) in [6.07, 6.45) is 1.88. The highest BCUT2D eigenvalue weighted by molar-refractivity contribution is 6.33. The molecule has 5 heteroatoms. The van der Waals surface area contributed by atoms with Gasteiger partial charge < -0.3 is 15.2 Å². The van der Waals surface area contributed by atoms with E-state index in [0.29, 0.717) is 28.8 Å². The van der Waals surface area contributed by atoms with Crippen LogP contribution in [-0.2, 0) is 9.47 Å². The lowest BCUT2D eigenvalue weighted by molar-refractivity contribution is 0.0185. The molecule has 0 radical (unpaired) electrons. The molecule has 0 atom stereocenters. The molecule has 98 valence electrons. The van der Waals surface area contributed by atoms with Crippen LogP contribution in [0.4, 0.5) is 5.69 Å². The predicted octanol–water partition coefficient (Wildman–Crippen LogP) is 2.51. The minimum Gasteiger partial charge on any atom is -0.462 e. The molecule has 1 saturated heterocycles. The molecular formula is C13H16ClNO3. The van der Waals surface area contributed by atoms with Gasteiger partial charge in [0.25, 0.3) is 0 Å². The number of carbonyl (C=O) groups is 1. The summed E-state index contributed by atoms with van der Waals surface area (Å²) < 4.78 is 10.5. The number of halogens is 1. The van der Waals surface area contributed by atoms with Crippen molar-refractivity contribution < 1.29 is 14.3 Å². The molecule has 0 amide bonds. The van der Waals surface area contributed by atoms with Crippen molar-refractivity contribution in [2.45, 2.75) is 12.8 Å². The maximum absolute atomic E-state index is 11.8. The van der Waals surface area contributed by atoms with Crippen molar-refractivity contribution in [2.75, 3.05) is 25.6 Å². The van der Waals surface area contributed by atoms with Gasteiger partial charge in [-0.15, -0.1) is 0 Å². The summed E-state index contributed by atoms with van der Waals surface area (Å²) in [6.45, 7) is 1.93. The second kappa shape index (κ2) is 6.07. The number of nitrogen functional groups attached to an aromatic ring is 1. The zero-order valence-corrected chi connectivity index (χ0v) is 10.8. The lowest BCUT2D eigenvalue weighted by Crippen LogP contribution is -2.21. The van der Waals surface area contributed by atoms with Gasteiger partial charge in [-0.2, -0.15) is 0 Å².